The summed E-state index contributed by atoms with van der Waals surface area (Å²) in [7, 11) is 3.20. The molecule has 5 nitrogen and oxygen atoms in total. The smallest absolute Gasteiger partial charge is 0.343 e. The van der Waals surface area contributed by atoms with E-state index in [2.05, 4.69) is 0 Å². The van der Waals surface area contributed by atoms with E-state index in [1.54, 1.807) is 26.4 Å². The first-order valence-corrected chi connectivity index (χ1v) is 8.65. The summed E-state index contributed by atoms with van der Waals surface area (Å²) in [5, 5.41) is 0. The number of rotatable bonds is 6. The van der Waals surface area contributed by atoms with Crippen LogP contribution in [0.2, 0.25) is 0 Å². The lowest BCUT2D eigenvalue weighted by Crippen LogP contribution is -2.06. The SMILES string of the molecule is COc1ccc(C2=C/C(=C\c3ccc(OC(C)C)c(OC)c3)C(=O)O2)cc1. The summed E-state index contributed by atoms with van der Waals surface area (Å²) in [6.07, 6.45) is 3.54. The van der Waals surface area contributed by atoms with Gasteiger partial charge in [-0.05, 0) is 68.0 Å². The lowest BCUT2D eigenvalue weighted by atomic mass is 10.1. The van der Waals surface area contributed by atoms with Crippen molar-refractivity contribution in [3.05, 3.63) is 65.2 Å². The summed E-state index contributed by atoms with van der Waals surface area (Å²) in [5.74, 6) is 2.15. The van der Waals surface area contributed by atoms with Gasteiger partial charge in [0.2, 0.25) is 0 Å². The highest BCUT2D eigenvalue weighted by molar-refractivity contribution is 6.05. The molecular weight excluding hydrogens is 344 g/mol. The zero-order valence-electron chi connectivity index (χ0n) is 15.8. The van der Waals surface area contributed by atoms with Crippen molar-refractivity contribution in [1.82, 2.24) is 0 Å². The Bertz CT molecular complexity index is 891. The molecule has 0 unspecified atom stereocenters. The van der Waals surface area contributed by atoms with Crippen LogP contribution < -0.4 is 14.2 Å². The van der Waals surface area contributed by atoms with Gasteiger partial charge < -0.3 is 18.9 Å². The molecule has 0 radical (unpaired) electrons. The maximum absolute atomic E-state index is 12.2. The Hall–Kier alpha value is -3.21. The minimum atomic E-state index is -0.387. The van der Waals surface area contributed by atoms with Gasteiger partial charge in [0.05, 0.1) is 25.9 Å². The lowest BCUT2D eigenvalue weighted by molar-refractivity contribution is -0.130. The fourth-order valence-corrected chi connectivity index (χ4v) is 2.69. The molecular formula is C22H22O5. The largest absolute Gasteiger partial charge is 0.497 e. The van der Waals surface area contributed by atoms with Gasteiger partial charge in [-0.25, -0.2) is 4.79 Å². The number of esters is 1. The molecule has 0 atom stereocenters. The standard InChI is InChI=1S/C22H22O5/c1-14(2)26-19-10-5-15(12-21(19)25-4)11-17-13-20(27-22(17)23)16-6-8-18(24-3)9-7-16/h5-14H,1-4H3/b17-11+. The van der Waals surface area contributed by atoms with E-state index in [0.29, 0.717) is 22.8 Å². The molecule has 140 valence electrons. The summed E-state index contributed by atoms with van der Waals surface area (Å²) < 4.78 is 21.7. The summed E-state index contributed by atoms with van der Waals surface area (Å²) >= 11 is 0. The molecule has 0 spiro atoms. The number of benzene rings is 2. The van der Waals surface area contributed by atoms with Crippen LogP contribution in [0.15, 0.2) is 54.1 Å². The van der Waals surface area contributed by atoms with E-state index in [0.717, 1.165) is 16.9 Å². The minimum absolute atomic E-state index is 0.0444. The molecule has 5 heteroatoms. The topological polar surface area (TPSA) is 54.0 Å². The van der Waals surface area contributed by atoms with Gasteiger partial charge in [0.15, 0.2) is 11.5 Å². The average molecular weight is 366 g/mol. The third kappa shape index (κ3) is 4.31. The van der Waals surface area contributed by atoms with Gasteiger partial charge >= 0.3 is 5.97 Å². The second-order valence-corrected chi connectivity index (χ2v) is 6.30. The van der Waals surface area contributed by atoms with Gasteiger partial charge in [-0.1, -0.05) is 6.07 Å². The first-order chi connectivity index (χ1) is 13.0. The van der Waals surface area contributed by atoms with E-state index in [-0.39, 0.29) is 12.1 Å². The van der Waals surface area contributed by atoms with Crippen LogP contribution in [-0.4, -0.2) is 26.3 Å². The molecule has 1 heterocycles. The minimum Gasteiger partial charge on any atom is -0.497 e. The second-order valence-electron chi connectivity index (χ2n) is 6.30. The van der Waals surface area contributed by atoms with E-state index in [4.69, 9.17) is 18.9 Å². The maximum Gasteiger partial charge on any atom is 0.343 e. The van der Waals surface area contributed by atoms with Crippen molar-refractivity contribution in [1.29, 1.82) is 0 Å². The number of hydrogen-bond acceptors (Lipinski definition) is 5. The van der Waals surface area contributed by atoms with Crippen LogP contribution in [0.1, 0.15) is 25.0 Å². The van der Waals surface area contributed by atoms with Crippen LogP contribution in [0, 0.1) is 0 Å². The molecule has 0 aliphatic carbocycles. The van der Waals surface area contributed by atoms with Gasteiger partial charge in [0.25, 0.3) is 0 Å². The van der Waals surface area contributed by atoms with Gasteiger partial charge in [-0.3, -0.25) is 0 Å². The van der Waals surface area contributed by atoms with Crippen molar-refractivity contribution in [2.45, 2.75) is 20.0 Å². The van der Waals surface area contributed by atoms with Crippen molar-refractivity contribution in [2.75, 3.05) is 14.2 Å². The quantitative estimate of drug-likeness (QED) is 0.558. The van der Waals surface area contributed by atoms with Crippen molar-refractivity contribution in [2.24, 2.45) is 0 Å². The molecule has 2 aromatic carbocycles. The summed E-state index contributed by atoms with van der Waals surface area (Å²) in [6, 6.07) is 12.9. The Morgan fingerprint density at radius 1 is 0.963 bits per heavy atom. The maximum atomic E-state index is 12.2. The molecule has 3 rings (SSSR count). The predicted octanol–water partition coefficient (Wildman–Crippen LogP) is 4.47. The van der Waals surface area contributed by atoms with E-state index in [9.17, 15) is 4.79 Å². The highest BCUT2D eigenvalue weighted by Gasteiger charge is 2.22. The summed E-state index contributed by atoms with van der Waals surface area (Å²) in [4.78, 5) is 12.2. The molecule has 0 N–H and O–H groups in total. The van der Waals surface area contributed by atoms with Crippen molar-refractivity contribution >= 4 is 17.8 Å². The Labute approximate surface area is 158 Å². The Kier molecular flexibility index (Phi) is 5.50. The lowest BCUT2D eigenvalue weighted by Gasteiger charge is -2.13. The predicted molar refractivity (Wildman–Crippen MR) is 104 cm³/mol. The number of carbonyl (C=O) groups is 1. The molecule has 0 saturated heterocycles. The van der Waals surface area contributed by atoms with Gasteiger partial charge in [-0.15, -0.1) is 0 Å². The molecule has 1 aliphatic rings. The first kappa shape index (κ1) is 18.6. The first-order valence-electron chi connectivity index (χ1n) is 8.65. The van der Waals surface area contributed by atoms with Gasteiger partial charge in [0, 0.05) is 5.56 Å². The molecule has 0 amide bonds. The number of methoxy groups -OCH3 is 2. The Morgan fingerprint density at radius 2 is 1.70 bits per heavy atom. The van der Waals surface area contributed by atoms with Gasteiger partial charge in [0.1, 0.15) is 11.5 Å². The van der Waals surface area contributed by atoms with Crippen LogP contribution in [0.5, 0.6) is 17.2 Å². The highest BCUT2D eigenvalue weighted by Crippen LogP contribution is 2.32. The van der Waals surface area contributed by atoms with E-state index in [1.807, 2.05) is 56.3 Å². The molecule has 0 saturated carbocycles. The van der Waals surface area contributed by atoms with E-state index in [1.165, 1.54) is 0 Å². The molecule has 0 aromatic heterocycles. The number of ether oxygens (including phenoxy) is 4. The normalized spacial score (nSPS) is 14.9. The fraction of sp³-hybridized carbons (Fsp3) is 0.227. The fourth-order valence-electron chi connectivity index (χ4n) is 2.69. The van der Waals surface area contributed by atoms with Crippen LogP contribution in [0.3, 0.4) is 0 Å². The van der Waals surface area contributed by atoms with Crippen LogP contribution in [-0.2, 0) is 9.53 Å². The molecule has 0 bridgehead atoms. The Morgan fingerprint density at radius 3 is 2.33 bits per heavy atom. The Balaban J connectivity index is 1.87. The third-order valence-corrected chi connectivity index (χ3v) is 3.97. The van der Waals surface area contributed by atoms with Crippen LogP contribution in [0.25, 0.3) is 11.8 Å². The number of carbonyl (C=O) groups excluding carboxylic acids is 1. The second kappa shape index (κ2) is 7.99. The number of cyclic esters (lactones) is 1. The van der Waals surface area contributed by atoms with E-state index >= 15 is 0 Å². The molecule has 1 aliphatic heterocycles. The van der Waals surface area contributed by atoms with Crippen LogP contribution in [0.4, 0.5) is 0 Å². The molecule has 0 fully saturated rings. The average Bonchev–Trinajstić information content (AvgIpc) is 3.03. The third-order valence-electron chi connectivity index (χ3n) is 3.97. The van der Waals surface area contributed by atoms with Crippen LogP contribution >= 0.6 is 0 Å². The van der Waals surface area contributed by atoms with Gasteiger partial charge in [-0.2, -0.15) is 0 Å². The summed E-state index contributed by atoms with van der Waals surface area (Å²) in [6.45, 7) is 3.91. The monoisotopic (exact) mass is 366 g/mol. The summed E-state index contributed by atoms with van der Waals surface area (Å²) in [5.41, 5.74) is 2.10. The molecule has 2 aromatic rings. The highest BCUT2D eigenvalue weighted by atomic mass is 16.5. The van der Waals surface area contributed by atoms with E-state index < -0.39 is 0 Å². The zero-order chi connectivity index (χ0) is 19.4. The van der Waals surface area contributed by atoms with Crippen molar-refractivity contribution < 1.29 is 23.7 Å². The van der Waals surface area contributed by atoms with Crippen molar-refractivity contribution in [3.63, 3.8) is 0 Å². The molecule has 27 heavy (non-hydrogen) atoms. The zero-order valence-corrected chi connectivity index (χ0v) is 15.8. The van der Waals surface area contributed by atoms with Crippen molar-refractivity contribution in [3.8, 4) is 17.2 Å². The number of hydrogen-bond donors (Lipinski definition) is 0.